The summed E-state index contributed by atoms with van der Waals surface area (Å²) in [6.07, 6.45) is 3.64. The zero-order valence-electron chi connectivity index (χ0n) is 16.9. The molecule has 0 aliphatic carbocycles. The Morgan fingerprint density at radius 3 is 2.67 bits per heavy atom. The molecule has 1 atom stereocenters. The predicted octanol–water partition coefficient (Wildman–Crippen LogP) is 3.86. The van der Waals surface area contributed by atoms with Gasteiger partial charge in [0.15, 0.2) is 0 Å². The van der Waals surface area contributed by atoms with Gasteiger partial charge in [-0.25, -0.2) is 14.4 Å². The van der Waals surface area contributed by atoms with Gasteiger partial charge in [0.25, 0.3) is 0 Å². The number of ether oxygens (including phenoxy) is 2. The Labute approximate surface area is 174 Å². The van der Waals surface area contributed by atoms with Crippen molar-refractivity contribution in [2.24, 2.45) is 0 Å². The maximum absolute atomic E-state index is 12.7. The van der Waals surface area contributed by atoms with Crippen molar-refractivity contribution < 1.29 is 28.3 Å². The minimum atomic E-state index is -0.730. The number of carbonyl (C=O) groups excluding carboxylic acids is 3. The molecule has 2 amide bonds. The molecule has 1 aliphatic rings. The SMILES string of the molecule is CCCCC1=C(C(=O)OCC)C(c2cccc(OC(=O)c3ccco3)c2)NC(=O)N1. The Kier molecular flexibility index (Phi) is 6.90. The molecule has 0 saturated heterocycles. The molecule has 8 heteroatoms. The fraction of sp³-hybridized carbons (Fsp3) is 0.318. The first-order valence-electron chi connectivity index (χ1n) is 9.86. The van der Waals surface area contributed by atoms with Crippen LogP contribution in [0.25, 0.3) is 0 Å². The van der Waals surface area contributed by atoms with E-state index in [9.17, 15) is 14.4 Å². The van der Waals surface area contributed by atoms with Crippen LogP contribution < -0.4 is 15.4 Å². The summed E-state index contributed by atoms with van der Waals surface area (Å²) in [4.78, 5) is 37.1. The third-order valence-electron chi connectivity index (χ3n) is 4.55. The number of allylic oxidation sites excluding steroid dienone is 1. The maximum atomic E-state index is 12.7. The molecule has 3 rings (SSSR count). The lowest BCUT2D eigenvalue weighted by molar-refractivity contribution is -0.139. The topological polar surface area (TPSA) is 107 Å². The summed E-state index contributed by atoms with van der Waals surface area (Å²) in [7, 11) is 0. The number of hydrogen-bond acceptors (Lipinski definition) is 6. The van der Waals surface area contributed by atoms with Crippen LogP contribution in [0.15, 0.2) is 58.3 Å². The van der Waals surface area contributed by atoms with Gasteiger partial charge < -0.3 is 24.5 Å². The van der Waals surface area contributed by atoms with Gasteiger partial charge in [-0.05, 0) is 49.6 Å². The van der Waals surface area contributed by atoms with Crippen LogP contribution in [0.1, 0.15) is 55.3 Å². The molecule has 0 spiro atoms. The molecule has 1 unspecified atom stereocenters. The quantitative estimate of drug-likeness (QED) is 0.504. The third-order valence-corrected chi connectivity index (χ3v) is 4.55. The number of carbonyl (C=O) groups is 3. The monoisotopic (exact) mass is 412 g/mol. The predicted molar refractivity (Wildman–Crippen MR) is 108 cm³/mol. The minimum absolute atomic E-state index is 0.0736. The largest absolute Gasteiger partial charge is 0.463 e. The molecule has 2 aromatic rings. The molecule has 30 heavy (non-hydrogen) atoms. The van der Waals surface area contributed by atoms with E-state index in [1.54, 1.807) is 37.3 Å². The summed E-state index contributed by atoms with van der Waals surface area (Å²) in [5.41, 5.74) is 1.48. The lowest BCUT2D eigenvalue weighted by Crippen LogP contribution is -2.46. The van der Waals surface area contributed by atoms with E-state index in [-0.39, 0.29) is 18.1 Å². The van der Waals surface area contributed by atoms with Crippen molar-refractivity contribution in [1.29, 1.82) is 0 Å². The van der Waals surface area contributed by atoms with Crippen molar-refractivity contribution in [3.8, 4) is 5.75 Å². The summed E-state index contributed by atoms with van der Waals surface area (Å²) >= 11 is 0. The van der Waals surface area contributed by atoms with Gasteiger partial charge >= 0.3 is 18.0 Å². The Morgan fingerprint density at radius 2 is 1.97 bits per heavy atom. The highest BCUT2D eigenvalue weighted by atomic mass is 16.5. The van der Waals surface area contributed by atoms with Crippen LogP contribution in [0, 0.1) is 0 Å². The highest BCUT2D eigenvalue weighted by molar-refractivity contribution is 5.95. The average molecular weight is 412 g/mol. The highest BCUT2D eigenvalue weighted by Crippen LogP contribution is 2.31. The van der Waals surface area contributed by atoms with Gasteiger partial charge in [-0.2, -0.15) is 0 Å². The molecule has 158 valence electrons. The van der Waals surface area contributed by atoms with E-state index < -0.39 is 24.0 Å². The van der Waals surface area contributed by atoms with Crippen molar-refractivity contribution in [3.63, 3.8) is 0 Å². The molecule has 1 aromatic heterocycles. The van der Waals surface area contributed by atoms with Crippen LogP contribution in [0.3, 0.4) is 0 Å². The van der Waals surface area contributed by atoms with E-state index >= 15 is 0 Å². The van der Waals surface area contributed by atoms with Crippen LogP contribution in [-0.2, 0) is 9.53 Å². The first kappa shape index (κ1) is 21.2. The fourth-order valence-corrected chi connectivity index (χ4v) is 3.18. The van der Waals surface area contributed by atoms with Crippen molar-refractivity contribution >= 4 is 18.0 Å². The van der Waals surface area contributed by atoms with Crippen LogP contribution >= 0.6 is 0 Å². The fourth-order valence-electron chi connectivity index (χ4n) is 3.18. The second-order valence-corrected chi connectivity index (χ2v) is 6.69. The molecule has 2 heterocycles. The first-order valence-corrected chi connectivity index (χ1v) is 9.86. The van der Waals surface area contributed by atoms with Crippen LogP contribution in [0.2, 0.25) is 0 Å². The lowest BCUT2D eigenvalue weighted by atomic mass is 9.93. The Morgan fingerprint density at radius 1 is 1.13 bits per heavy atom. The first-order chi connectivity index (χ1) is 14.5. The Hall–Kier alpha value is -3.55. The second-order valence-electron chi connectivity index (χ2n) is 6.69. The second kappa shape index (κ2) is 9.78. The van der Waals surface area contributed by atoms with Gasteiger partial charge in [0, 0.05) is 5.70 Å². The molecule has 1 aliphatic heterocycles. The summed E-state index contributed by atoms with van der Waals surface area (Å²) in [5, 5.41) is 5.51. The standard InChI is InChI=1S/C22H24N2O6/c1-3-5-10-16-18(21(26)28-4-2)19(24-22(27)23-16)14-8-6-9-15(13-14)30-20(25)17-11-7-12-29-17/h6-9,11-13,19H,3-5,10H2,1-2H3,(H2,23,24,27). The van der Waals surface area contributed by atoms with Crippen LogP contribution in [0.5, 0.6) is 5.75 Å². The van der Waals surface area contributed by atoms with Gasteiger partial charge in [-0.15, -0.1) is 0 Å². The van der Waals surface area contributed by atoms with E-state index in [1.807, 2.05) is 6.92 Å². The number of hydrogen-bond donors (Lipinski definition) is 2. The van der Waals surface area contributed by atoms with E-state index in [2.05, 4.69) is 10.6 Å². The number of amides is 2. The molecule has 0 fully saturated rings. The number of rotatable bonds is 8. The summed E-state index contributed by atoms with van der Waals surface area (Å²) in [6.45, 7) is 3.97. The molecular weight excluding hydrogens is 388 g/mol. The van der Waals surface area contributed by atoms with Crippen LogP contribution in [0.4, 0.5) is 4.79 Å². The lowest BCUT2D eigenvalue weighted by Gasteiger charge is -2.29. The molecule has 0 radical (unpaired) electrons. The number of unbranched alkanes of at least 4 members (excludes halogenated alkanes) is 1. The highest BCUT2D eigenvalue weighted by Gasteiger charge is 2.33. The van der Waals surface area contributed by atoms with Gasteiger partial charge in [0.2, 0.25) is 5.76 Å². The molecule has 1 aromatic carbocycles. The zero-order chi connectivity index (χ0) is 21.5. The Balaban J connectivity index is 1.93. The van der Waals surface area contributed by atoms with Gasteiger partial charge in [-0.1, -0.05) is 25.5 Å². The summed E-state index contributed by atoms with van der Waals surface area (Å²) in [5.74, 6) is -0.806. The Bertz CT molecular complexity index is 948. The van der Waals surface area contributed by atoms with Crippen molar-refractivity contribution in [1.82, 2.24) is 10.6 Å². The average Bonchev–Trinajstić information content (AvgIpc) is 3.27. The van der Waals surface area contributed by atoms with Gasteiger partial charge in [-0.3, -0.25) is 0 Å². The zero-order valence-corrected chi connectivity index (χ0v) is 16.9. The maximum Gasteiger partial charge on any atom is 0.379 e. The van der Waals surface area contributed by atoms with Crippen LogP contribution in [-0.4, -0.2) is 24.6 Å². The minimum Gasteiger partial charge on any atom is -0.463 e. The van der Waals surface area contributed by atoms with E-state index in [4.69, 9.17) is 13.9 Å². The number of urea groups is 1. The number of furan rings is 1. The van der Waals surface area contributed by atoms with E-state index in [1.165, 1.54) is 12.3 Å². The molecule has 0 saturated carbocycles. The third kappa shape index (κ3) is 4.89. The summed E-state index contributed by atoms with van der Waals surface area (Å²) in [6, 6.07) is 8.60. The number of benzene rings is 1. The van der Waals surface area contributed by atoms with Crippen molar-refractivity contribution in [3.05, 3.63) is 65.3 Å². The van der Waals surface area contributed by atoms with Crippen molar-refractivity contribution in [2.75, 3.05) is 6.61 Å². The van der Waals surface area contributed by atoms with Gasteiger partial charge in [0.1, 0.15) is 5.75 Å². The molecule has 0 bridgehead atoms. The number of esters is 2. The van der Waals surface area contributed by atoms with E-state index in [0.29, 0.717) is 23.3 Å². The summed E-state index contributed by atoms with van der Waals surface area (Å²) < 4.78 is 15.6. The molecule has 8 nitrogen and oxygen atoms in total. The number of nitrogens with one attached hydrogen (secondary N) is 2. The normalized spacial score (nSPS) is 15.9. The molecular formula is C22H24N2O6. The van der Waals surface area contributed by atoms with Crippen molar-refractivity contribution in [2.45, 2.75) is 39.2 Å². The van der Waals surface area contributed by atoms with Gasteiger partial charge in [0.05, 0.1) is 24.5 Å². The smallest absolute Gasteiger partial charge is 0.379 e. The van der Waals surface area contributed by atoms with E-state index in [0.717, 1.165) is 12.8 Å². The molecule has 2 N–H and O–H groups in total.